The van der Waals surface area contributed by atoms with Crippen molar-refractivity contribution in [3.05, 3.63) is 76.4 Å². The number of aromatic nitrogens is 1. The summed E-state index contributed by atoms with van der Waals surface area (Å²) in [4.78, 5) is 4.51. The minimum Gasteiger partial charge on any atom is -0.382 e. The van der Waals surface area contributed by atoms with Crippen molar-refractivity contribution in [2.24, 2.45) is 0 Å². The van der Waals surface area contributed by atoms with Crippen molar-refractivity contribution in [2.45, 2.75) is 6.10 Å². The number of hydrogen-bond donors (Lipinski definition) is 1. The molecule has 3 aromatic rings. The molecule has 94 valence electrons. The lowest BCUT2D eigenvalue weighted by Crippen LogP contribution is -2.02. The molecule has 2 aromatic carbocycles. The van der Waals surface area contributed by atoms with E-state index >= 15 is 0 Å². The molecule has 1 heterocycles. The quantitative estimate of drug-likeness (QED) is 0.773. The van der Waals surface area contributed by atoms with Gasteiger partial charge >= 0.3 is 0 Å². The van der Waals surface area contributed by atoms with Gasteiger partial charge in [0.15, 0.2) is 0 Å². The Morgan fingerprint density at radius 1 is 0.895 bits per heavy atom. The number of para-hydroxylation sites is 1. The zero-order chi connectivity index (χ0) is 13.2. The Hall–Kier alpha value is -1.71. The number of aliphatic hydroxyl groups excluding tert-OH is 1. The molecule has 1 atom stereocenters. The molecular formula is C16H12BrNO. The van der Waals surface area contributed by atoms with Crippen LogP contribution in [0.4, 0.5) is 0 Å². The predicted octanol–water partition coefficient (Wildman–Crippen LogP) is 4.08. The van der Waals surface area contributed by atoms with E-state index in [1.54, 1.807) is 0 Å². The minimum atomic E-state index is -0.697. The normalized spacial score (nSPS) is 12.5. The van der Waals surface area contributed by atoms with E-state index in [0.717, 1.165) is 20.9 Å². The van der Waals surface area contributed by atoms with Crippen LogP contribution in [0.5, 0.6) is 0 Å². The topological polar surface area (TPSA) is 33.1 Å². The minimum absolute atomic E-state index is 0.668. The molecule has 0 bridgehead atoms. The number of benzene rings is 2. The van der Waals surface area contributed by atoms with Gasteiger partial charge < -0.3 is 5.11 Å². The summed E-state index contributed by atoms with van der Waals surface area (Å²) >= 11 is 3.39. The van der Waals surface area contributed by atoms with Gasteiger partial charge in [-0.15, -0.1) is 0 Å². The molecule has 0 unspecified atom stereocenters. The Balaban J connectivity index is 2.01. The second-order valence-electron chi connectivity index (χ2n) is 4.38. The van der Waals surface area contributed by atoms with Gasteiger partial charge in [-0.1, -0.05) is 52.3 Å². The molecule has 3 heteroatoms. The van der Waals surface area contributed by atoms with Gasteiger partial charge in [0, 0.05) is 9.86 Å². The Kier molecular flexibility index (Phi) is 3.32. The summed E-state index contributed by atoms with van der Waals surface area (Å²) in [5.41, 5.74) is 2.41. The van der Waals surface area contributed by atoms with Gasteiger partial charge in [-0.3, -0.25) is 0 Å². The molecular weight excluding hydrogens is 302 g/mol. The molecule has 1 aromatic heterocycles. The lowest BCUT2D eigenvalue weighted by atomic mass is 10.1. The molecule has 0 saturated heterocycles. The number of rotatable bonds is 2. The molecule has 0 amide bonds. The van der Waals surface area contributed by atoms with Gasteiger partial charge in [-0.25, -0.2) is 4.98 Å². The molecule has 0 aliphatic heterocycles. The van der Waals surface area contributed by atoms with Gasteiger partial charge in [0.05, 0.1) is 11.2 Å². The molecule has 0 radical (unpaired) electrons. The van der Waals surface area contributed by atoms with Crippen LogP contribution in [0.15, 0.2) is 65.1 Å². The summed E-state index contributed by atoms with van der Waals surface area (Å²) in [6.45, 7) is 0. The van der Waals surface area contributed by atoms with Crippen molar-refractivity contribution >= 4 is 26.8 Å². The maximum atomic E-state index is 10.4. The monoisotopic (exact) mass is 313 g/mol. The Morgan fingerprint density at radius 2 is 1.63 bits per heavy atom. The lowest BCUT2D eigenvalue weighted by molar-refractivity contribution is 0.216. The van der Waals surface area contributed by atoms with Crippen LogP contribution in [0.1, 0.15) is 17.4 Å². The van der Waals surface area contributed by atoms with E-state index in [-0.39, 0.29) is 0 Å². The Bertz CT molecular complexity index is 709. The van der Waals surface area contributed by atoms with Crippen LogP contribution >= 0.6 is 15.9 Å². The predicted molar refractivity (Wildman–Crippen MR) is 79.9 cm³/mol. The largest absolute Gasteiger partial charge is 0.382 e. The van der Waals surface area contributed by atoms with E-state index in [0.29, 0.717) is 5.69 Å². The molecule has 0 saturated carbocycles. The molecule has 0 aliphatic carbocycles. The van der Waals surface area contributed by atoms with Crippen molar-refractivity contribution in [3.63, 3.8) is 0 Å². The van der Waals surface area contributed by atoms with E-state index in [1.165, 1.54) is 0 Å². The van der Waals surface area contributed by atoms with Gasteiger partial charge in [0.2, 0.25) is 0 Å². The standard InChI is InChI=1S/C16H12BrNO/c17-13-8-5-12(6-9-13)16(19)15-10-7-11-3-1-2-4-14(11)18-15/h1-10,16,19H/t16-/m1/s1. The SMILES string of the molecule is O[C@H](c1ccc(Br)cc1)c1ccc2ccccc2n1. The average molecular weight is 314 g/mol. The van der Waals surface area contributed by atoms with Gasteiger partial charge in [0.25, 0.3) is 0 Å². The van der Waals surface area contributed by atoms with Crippen molar-refractivity contribution < 1.29 is 5.11 Å². The maximum absolute atomic E-state index is 10.4. The molecule has 19 heavy (non-hydrogen) atoms. The summed E-state index contributed by atoms with van der Waals surface area (Å²) in [6.07, 6.45) is -0.697. The highest BCUT2D eigenvalue weighted by Crippen LogP contribution is 2.23. The molecule has 2 nitrogen and oxygen atoms in total. The van der Waals surface area contributed by atoms with Crippen LogP contribution in [0.3, 0.4) is 0 Å². The third-order valence-electron chi connectivity index (χ3n) is 3.09. The third-order valence-corrected chi connectivity index (χ3v) is 3.61. The van der Waals surface area contributed by atoms with Crippen molar-refractivity contribution in [1.29, 1.82) is 0 Å². The van der Waals surface area contributed by atoms with Crippen LogP contribution in [0.2, 0.25) is 0 Å². The number of aliphatic hydroxyl groups is 1. The summed E-state index contributed by atoms with van der Waals surface area (Å²) < 4.78 is 0.995. The first-order valence-corrected chi connectivity index (χ1v) is 6.82. The van der Waals surface area contributed by atoms with Crippen LogP contribution < -0.4 is 0 Å². The zero-order valence-electron chi connectivity index (χ0n) is 10.1. The highest BCUT2D eigenvalue weighted by molar-refractivity contribution is 9.10. The number of nitrogens with zero attached hydrogens (tertiary/aromatic N) is 1. The summed E-state index contributed by atoms with van der Waals surface area (Å²) in [7, 11) is 0. The van der Waals surface area contributed by atoms with E-state index in [2.05, 4.69) is 20.9 Å². The number of halogens is 1. The van der Waals surface area contributed by atoms with Crippen LogP contribution in [0.25, 0.3) is 10.9 Å². The smallest absolute Gasteiger partial charge is 0.121 e. The first-order chi connectivity index (χ1) is 9.24. The van der Waals surface area contributed by atoms with E-state index in [4.69, 9.17) is 0 Å². The molecule has 1 N–H and O–H groups in total. The zero-order valence-corrected chi connectivity index (χ0v) is 11.7. The van der Waals surface area contributed by atoms with E-state index < -0.39 is 6.10 Å². The first-order valence-electron chi connectivity index (χ1n) is 6.03. The molecule has 0 fully saturated rings. The Morgan fingerprint density at radius 3 is 2.42 bits per heavy atom. The lowest BCUT2D eigenvalue weighted by Gasteiger charge is -2.11. The number of hydrogen-bond acceptors (Lipinski definition) is 2. The maximum Gasteiger partial charge on any atom is 0.121 e. The van der Waals surface area contributed by atoms with E-state index in [9.17, 15) is 5.11 Å². The molecule has 0 spiro atoms. The van der Waals surface area contributed by atoms with Crippen LogP contribution in [0, 0.1) is 0 Å². The summed E-state index contributed by atoms with van der Waals surface area (Å²) in [5.74, 6) is 0. The fraction of sp³-hybridized carbons (Fsp3) is 0.0625. The number of pyridine rings is 1. The average Bonchev–Trinajstić information content (AvgIpc) is 2.47. The molecule has 3 rings (SSSR count). The second-order valence-corrected chi connectivity index (χ2v) is 5.30. The Labute approximate surface area is 119 Å². The van der Waals surface area contributed by atoms with Gasteiger partial charge in [-0.05, 0) is 29.8 Å². The second kappa shape index (κ2) is 5.11. The first kappa shape index (κ1) is 12.3. The van der Waals surface area contributed by atoms with Crippen LogP contribution in [-0.4, -0.2) is 10.1 Å². The van der Waals surface area contributed by atoms with Crippen molar-refractivity contribution in [1.82, 2.24) is 4.98 Å². The van der Waals surface area contributed by atoms with Crippen molar-refractivity contribution in [2.75, 3.05) is 0 Å². The summed E-state index contributed by atoms with van der Waals surface area (Å²) in [5, 5.41) is 11.4. The highest BCUT2D eigenvalue weighted by atomic mass is 79.9. The summed E-state index contributed by atoms with van der Waals surface area (Å²) in [6, 6.07) is 19.4. The number of fused-ring (bicyclic) bond motifs is 1. The fourth-order valence-electron chi connectivity index (χ4n) is 2.05. The highest BCUT2D eigenvalue weighted by Gasteiger charge is 2.12. The van der Waals surface area contributed by atoms with Crippen LogP contribution in [-0.2, 0) is 0 Å². The third kappa shape index (κ3) is 2.53. The fourth-order valence-corrected chi connectivity index (χ4v) is 2.31. The van der Waals surface area contributed by atoms with Crippen molar-refractivity contribution in [3.8, 4) is 0 Å². The van der Waals surface area contributed by atoms with E-state index in [1.807, 2.05) is 60.7 Å². The molecule has 0 aliphatic rings. The van der Waals surface area contributed by atoms with Gasteiger partial charge in [-0.2, -0.15) is 0 Å². The van der Waals surface area contributed by atoms with Gasteiger partial charge in [0.1, 0.15) is 6.10 Å².